The number of methoxy groups -OCH3 is 1. The molecule has 0 aromatic heterocycles. The Bertz CT molecular complexity index is 459. The van der Waals surface area contributed by atoms with Gasteiger partial charge in [-0.15, -0.1) is 0 Å². The number of rotatable bonds is 8. The Hall–Kier alpha value is -1.92. The fraction of sp³-hybridized carbons (Fsp3) is 0.467. The van der Waals surface area contributed by atoms with E-state index in [1.807, 2.05) is 0 Å². The highest BCUT2D eigenvalue weighted by atomic mass is 16.5. The van der Waals surface area contributed by atoms with Gasteiger partial charge in [0.15, 0.2) is 0 Å². The van der Waals surface area contributed by atoms with Crippen LogP contribution >= 0.6 is 0 Å². The maximum atomic E-state index is 11.9. The van der Waals surface area contributed by atoms with Crippen molar-refractivity contribution >= 4 is 11.8 Å². The van der Waals surface area contributed by atoms with Gasteiger partial charge in [-0.1, -0.05) is 12.1 Å². The molecule has 0 aliphatic carbocycles. The third-order valence-electron chi connectivity index (χ3n) is 2.88. The number of carbonyl (C=O) groups excluding carboxylic acids is 2. The summed E-state index contributed by atoms with van der Waals surface area (Å²) in [6, 6.07) is 7.01. The monoisotopic (exact) mass is 294 g/mol. The number of benzene rings is 1. The Labute approximate surface area is 124 Å². The zero-order valence-electron chi connectivity index (χ0n) is 12.4. The number of aliphatic hydroxyl groups is 1. The topological polar surface area (TPSA) is 87.7 Å². The van der Waals surface area contributed by atoms with Gasteiger partial charge in [0.25, 0.3) is 5.91 Å². The summed E-state index contributed by atoms with van der Waals surface area (Å²) in [7, 11) is 1.52. The Morgan fingerprint density at radius 3 is 2.48 bits per heavy atom. The maximum Gasteiger partial charge on any atom is 0.251 e. The maximum absolute atomic E-state index is 11.9. The largest absolute Gasteiger partial charge is 0.391 e. The Kier molecular flexibility index (Phi) is 7.42. The Morgan fingerprint density at radius 1 is 1.24 bits per heavy atom. The van der Waals surface area contributed by atoms with E-state index in [1.165, 1.54) is 14.0 Å². The molecule has 1 aromatic rings. The van der Waals surface area contributed by atoms with Gasteiger partial charge in [-0.05, 0) is 24.1 Å². The molecule has 1 aromatic carbocycles. The molecule has 0 bridgehead atoms. The molecule has 0 aliphatic rings. The van der Waals surface area contributed by atoms with Crippen molar-refractivity contribution in [2.45, 2.75) is 26.0 Å². The van der Waals surface area contributed by atoms with Crippen molar-refractivity contribution in [3.8, 4) is 0 Å². The normalized spacial score (nSPS) is 11.8. The standard InChI is InChI=1S/C15H22N2O4/c1-11(18)17-9-12-3-5-13(6-4-12)15(20)16-8-7-14(19)10-21-2/h3-6,14,19H,7-10H2,1-2H3,(H,16,20)(H,17,18). The van der Waals surface area contributed by atoms with Crippen molar-refractivity contribution in [2.75, 3.05) is 20.3 Å². The second-order valence-corrected chi connectivity index (χ2v) is 4.76. The molecular formula is C15H22N2O4. The first kappa shape index (κ1) is 17.1. The first-order valence-corrected chi connectivity index (χ1v) is 6.81. The number of carbonyl (C=O) groups is 2. The predicted molar refractivity (Wildman–Crippen MR) is 78.8 cm³/mol. The molecule has 0 aliphatic heterocycles. The minimum Gasteiger partial charge on any atom is -0.391 e. The summed E-state index contributed by atoms with van der Waals surface area (Å²) in [5.41, 5.74) is 1.47. The molecule has 1 unspecified atom stereocenters. The van der Waals surface area contributed by atoms with Gasteiger partial charge in [0.1, 0.15) is 0 Å². The third kappa shape index (κ3) is 6.87. The fourth-order valence-electron chi connectivity index (χ4n) is 1.73. The second kappa shape index (κ2) is 9.10. The van der Waals surface area contributed by atoms with E-state index in [1.54, 1.807) is 24.3 Å². The van der Waals surface area contributed by atoms with Crippen LogP contribution in [-0.2, 0) is 16.1 Å². The van der Waals surface area contributed by atoms with E-state index in [0.29, 0.717) is 25.1 Å². The first-order valence-electron chi connectivity index (χ1n) is 6.81. The van der Waals surface area contributed by atoms with Crippen LogP contribution < -0.4 is 10.6 Å². The highest BCUT2D eigenvalue weighted by Gasteiger charge is 2.07. The van der Waals surface area contributed by atoms with Crippen molar-refractivity contribution in [3.05, 3.63) is 35.4 Å². The molecule has 0 fully saturated rings. The van der Waals surface area contributed by atoms with Crippen molar-refractivity contribution in [3.63, 3.8) is 0 Å². The zero-order chi connectivity index (χ0) is 15.7. The zero-order valence-corrected chi connectivity index (χ0v) is 12.4. The summed E-state index contributed by atoms with van der Waals surface area (Å²) >= 11 is 0. The van der Waals surface area contributed by atoms with E-state index >= 15 is 0 Å². The molecule has 0 spiro atoms. The van der Waals surface area contributed by atoms with Crippen LogP contribution in [0.2, 0.25) is 0 Å². The fourth-order valence-corrected chi connectivity index (χ4v) is 1.73. The number of hydrogen-bond acceptors (Lipinski definition) is 4. The average Bonchev–Trinajstić information content (AvgIpc) is 2.45. The van der Waals surface area contributed by atoms with Crippen molar-refractivity contribution in [1.29, 1.82) is 0 Å². The number of nitrogens with one attached hydrogen (secondary N) is 2. The van der Waals surface area contributed by atoms with Crippen LogP contribution in [0, 0.1) is 0 Å². The summed E-state index contributed by atoms with van der Waals surface area (Å²) in [6.07, 6.45) is -0.129. The summed E-state index contributed by atoms with van der Waals surface area (Å²) < 4.78 is 4.81. The highest BCUT2D eigenvalue weighted by molar-refractivity contribution is 5.94. The molecule has 1 atom stereocenters. The molecule has 21 heavy (non-hydrogen) atoms. The minimum atomic E-state index is -0.574. The van der Waals surface area contributed by atoms with Crippen LogP contribution in [0.25, 0.3) is 0 Å². The van der Waals surface area contributed by atoms with Crippen molar-refractivity contribution < 1.29 is 19.4 Å². The number of hydrogen-bond donors (Lipinski definition) is 3. The minimum absolute atomic E-state index is 0.0913. The summed E-state index contributed by atoms with van der Waals surface area (Å²) in [6.45, 7) is 2.55. The van der Waals surface area contributed by atoms with E-state index in [9.17, 15) is 14.7 Å². The molecule has 116 valence electrons. The van der Waals surface area contributed by atoms with E-state index < -0.39 is 6.10 Å². The van der Waals surface area contributed by atoms with E-state index in [2.05, 4.69) is 10.6 Å². The van der Waals surface area contributed by atoms with Gasteiger partial charge in [-0.3, -0.25) is 9.59 Å². The molecule has 0 saturated heterocycles. The van der Waals surface area contributed by atoms with Crippen LogP contribution in [0.5, 0.6) is 0 Å². The summed E-state index contributed by atoms with van der Waals surface area (Å²) in [4.78, 5) is 22.7. The summed E-state index contributed by atoms with van der Waals surface area (Å²) in [5.74, 6) is -0.280. The highest BCUT2D eigenvalue weighted by Crippen LogP contribution is 2.04. The van der Waals surface area contributed by atoms with Crippen LogP contribution in [0.15, 0.2) is 24.3 Å². The molecule has 0 radical (unpaired) electrons. The molecule has 3 N–H and O–H groups in total. The number of aliphatic hydroxyl groups excluding tert-OH is 1. The molecule has 0 heterocycles. The predicted octanol–water partition coefficient (Wildman–Crippen LogP) is 0.450. The van der Waals surface area contributed by atoms with Gasteiger partial charge >= 0.3 is 0 Å². The van der Waals surface area contributed by atoms with Gasteiger partial charge in [0, 0.05) is 32.7 Å². The van der Waals surface area contributed by atoms with Gasteiger partial charge in [-0.2, -0.15) is 0 Å². The first-order chi connectivity index (χ1) is 10.0. The lowest BCUT2D eigenvalue weighted by Crippen LogP contribution is -2.28. The molecule has 0 saturated carbocycles. The van der Waals surface area contributed by atoms with E-state index in [0.717, 1.165) is 5.56 Å². The van der Waals surface area contributed by atoms with Crippen LogP contribution in [0.4, 0.5) is 0 Å². The third-order valence-corrected chi connectivity index (χ3v) is 2.88. The molecule has 2 amide bonds. The van der Waals surface area contributed by atoms with Gasteiger partial charge in [-0.25, -0.2) is 0 Å². The number of ether oxygens (including phenoxy) is 1. The summed E-state index contributed by atoms with van der Waals surface area (Å²) in [5, 5.41) is 14.9. The lowest BCUT2D eigenvalue weighted by Gasteiger charge is -2.10. The van der Waals surface area contributed by atoms with E-state index in [-0.39, 0.29) is 18.4 Å². The van der Waals surface area contributed by atoms with E-state index in [4.69, 9.17) is 4.74 Å². The quantitative estimate of drug-likeness (QED) is 0.649. The van der Waals surface area contributed by atoms with Gasteiger partial charge in [0.2, 0.25) is 5.91 Å². The molecular weight excluding hydrogens is 272 g/mol. The molecule has 1 rings (SSSR count). The molecule has 6 nitrogen and oxygen atoms in total. The average molecular weight is 294 g/mol. The van der Waals surface area contributed by atoms with Gasteiger partial charge < -0.3 is 20.5 Å². The van der Waals surface area contributed by atoms with Gasteiger partial charge in [0.05, 0.1) is 12.7 Å². The van der Waals surface area contributed by atoms with Crippen LogP contribution in [0.1, 0.15) is 29.3 Å². The van der Waals surface area contributed by atoms with Crippen LogP contribution in [-0.4, -0.2) is 43.3 Å². The Balaban J connectivity index is 2.39. The van der Waals surface area contributed by atoms with Crippen LogP contribution in [0.3, 0.4) is 0 Å². The Morgan fingerprint density at radius 2 is 1.90 bits per heavy atom. The molecule has 6 heteroatoms. The smallest absolute Gasteiger partial charge is 0.251 e. The second-order valence-electron chi connectivity index (χ2n) is 4.76. The van der Waals surface area contributed by atoms with Crippen molar-refractivity contribution in [2.24, 2.45) is 0 Å². The lowest BCUT2D eigenvalue weighted by molar-refractivity contribution is -0.119. The SMILES string of the molecule is COCC(O)CCNC(=O)c1ccc(CNC(C)=O)cc1. The number of amides is 2. The lowest BCUT2D eigenvalue weighted by atomic mass is 10.1. The van der Waals surface area contributed by atoms with Crippen molar-refractivity contribution in [1.82, 2.24) is 10.6 Å².